The van der Waals surface area contributed by atoms with Crippen LogP contribution in [-0.2, 0) is 4.79 Å². The maximum atomic E-state index is 8.57. The van der Waals surface area contributed by atoms with Gasteiger partial charge in [0.1, 0.15) is 0 Å². The highest BCUT2D eigenvalue weighted by molar-refractivity contribution is 14.1. The normalized spacial score (nSPS) is 8.33. The second kappa shape index (κ2) is 7.74. The van der Waals surface area contributed by atoms with E-state index in [1.54, 1.807) is 0 Å². The second-order valence-electron chi connectivity index (χ2n) is 1.65. The number of hydrogen-bond acceptors (Lipinski definition) is 1. The second-order valence-corrected chi connectivity index (χ2v) is 5.40. The Balaban J connectivity index is 0.000000354. The molecule has 66 valence electrons. The Morgan fingerprint density at radius 3 is 2.00 bits per heavy atom. The van der Waals surface area contributed by atoms with Gasteiger partial charge in [0.25, 0.3) is 0 Å². The van der Waals surface area contributed by atoms with Gasteiger partial charge in [-0.1, -0.05) is 0 Å². The van der Waals surface area contributed by atoms with Crippen molar-refractivity contribution >= 4 is 85.1 Å². The molecule has 0 heterocycles. The van der Waals surface area contributed by atoms with E-state index in [0.29, 0.717) is 0 Å². The highest BCUT2D eigenvalue weighted by atomic mass is 127. The van der Waals surface area contributed by atoms with Crippen LogP contribution in [0.1, 0.15) is 0 Å². The van der Waals surface area contributed by atoms with Crippen molar-refractivity contribution in [1.29, 1.82) is 0 Å². The van der Waals surface area contributed by atoms with E-state index in [9.17, 15) is 0 Å². The van der Waals surface area contributed by atoms with Crippen LogP contribution >= 0.6 is 79.4 Å². The van der Waals surface area contributed by atoms with Gasteiger partial charge in [0.05, 0.1) is 0 Å². The largest absolute Gasteiger partial charge is 0.285 e. The maximum absolute atomic E-state index is 8.57. The molecule has 5 heteroatoms. The number of carbonyl (C=O) groups is 1. The predicted molar refractivity (Wildman–Crippen MR) is 77.2 cm³/mol. The third-order valence-corrected chi connectivity index (χ3v) is 4.42. The summed E-state index contributed by atoms with van der Waals surface area (Å²) in [6.07, 6.45) is 0. The quantitative estimate of drug-likeness (QED) is 0.220. The van der Waals surface area contributed by atoms with E-state index in [2.05, 4.69) is 97.6 Å². The number of benzene rings is 1. The number of hydrogen-bond donors (Lipinski definition) is 0. The van der Waals surface area contributed by atoms with Gasteiger partial charge in [0.2, 0.25) is 5.75 Å². The summed E-state index contributed by atoms with van der Waals surface area (Å²) in [5.41, 5.74) is 0. The lowest BCUT2D eigenvalue weighted by Gasteiger charge is -1.94. The highest BCUT2D eigenvalue weighted by Gasteiger charge is 1.93. The monoisotopic (exact) mass is 520 g/mol. The first-order valence-electron chi connectivity index (χ1n) is 2.76. The zero-order chi connectivity index (χ0) is 9.56. The minimum absolute atomic E-state index is 0.222. The molecule has 0 bridgehead atoms. The lowest BCUT2D eigenvalue weighted by Crippen LogP contribution is -1.78. The van der Waals surface area contributed by atoms with Gasteiger partial charge < -0.3 is 0 Å². The Labute approximate surface area is 117 Å². The summed E-state index contributed by atoms with van der Waals surface area (Å²) in [6.45, 7) is 0. The molecular formula is C7H4ClI3O. The number of rotatable bonds is 0. The molecule has 0 aliphatic carbocycles. The van der Waals surface area contributed by atoms with Crippen LogP contribution in [0.3, 0.4) is 0 Å². The molecule has 0 aliphatic rings. The third-order valence-electron chi connectivity index (χ3n) is 0.882. The summed E-state index contributed by atoms with van der Waals surface area (Å²) in [4.78, 5) is 8.57. The average molecular weight is 520 g/mol. The van der Waals surface area contributed by atoms with E-state index >= 15 is 0 Å². The van der Waals surface area contributed by atoms with E-state index in [0.717, 1.165) is 0 Å². The predicted octanol–water partition coefficient (Wildman–Crippen LogP) is 3.92. The minimum atomic E-state index is 0.222. The van der Waals surface area contributed by atoms with Gasteiger partial charge in [0, 0.05) is 10.7 Å². The van der Waals surface area contributed by atoms with Gasteiger partial charge in [-0.05, 0) is 97.6 Å². The molecule has 0 fully saturated rings. The van der Waals surface area contributed by atoms with Crippen LogP contribution < -0.4 is 0 Å². The van der Waals surface area contributed by atoms with Crippen molar-refractivity contribution < 1.29 is 4.79 Å². The molecule has 0 aliphatic heterocycles. The Morgan fingerprint density at radius 1 is 1.17 bits per heavy atom. The summed E-state index contributed by atoms with van der Waals surface area (Å²) in [5.74, 6) is 0.222. The van der Waals surface area contributed by atoms with Crippen LogP contribution in [0.15, 0.2) is 18.2 Å². The van der Waals surface area contributed by atoms with Gasteiger partial charge in [-0.15, -0.1) is 0 Å². The van der Waals surface area contributed by atoms with Crippen molar-refractivity contribution in [3.8, 4) is 0 Å². The maximum Gasteiger partial charge on any atom is 0.208 e. The summed E-state index contributed by atoms with van der Waals surface area (Å²) in [5, 5.41) is 0. The van der Waals surface area contributed by atoms with E-state index in [4.69, 9.17) is 4.79 Å². The van der Waals surface area contributed by atoms with Crippen molar-refractivity contribution in [2.75, 3.05) is 0 Å². The smallest absolute Gasteiger partial charge is 0.208 e. The zero-order valence-electron chi connectivity index (χ0n) is 5.73. The first-order chi connectivity index (χ1) is 5.61. The van der Waals surface area contributed by atoms with Crippen molar-refractivity contribution in [1.82, 2.24) is 0 Å². The fourth-order valence-corrected chi connectivity index (χ4v) is 2.41. The zero-order valence-corrected chi connectivity index (χ0v) is 13.0. The van der Waals surface area contributed by atoms with Gasteiger partial charge in [-0.3, -0.25) is 4.79 Å². The van der Waals surface area contributed by atoms with Crippen molar-refractivity contribution in [2.45, 2.75) is 0 Å². The van der Waals surface area contributed by atoms with E-state index in [-0.39, 0.29) is 5.75 Å². The standard InChI is InChI=1S/C6H3I3.CHClO/c7-4-1-2-5(8)6(9)3-4;2-1-3/h1-3H;1H. The first-order valence-corrected chi connectivity index (χ1v) is 6.43. The lowest BCUT2D eigenvalue weighted by molar-refractivity contribution is 0.569. The van der Waals surface area contributed by atoms with Crippen LogP contribution in [0.5, 0.6) is 0 Å². The summed E-state index contributed by atoms with van der Waals surface area (Å²) < 4.78 is 3.96. The van der Waals surface area contributed by atoms with E-state index in [1.807, 2.05) is 0 Å². The molecular weight excluding hydrogens is 516 g/mol. The van der Waals surface area contributed by atoms with Crippen molar-refractivity contribution in [3.05, 3.63) is 28.9 Å². The molecule has 12 heavy (non-hydrogen) atoms. The van der Waals surface area contributed by atoms with Crippen LogP contribution in [0.4, 0.5) is 0 Å². The molecule has 1 aromatic carbocycles. The van der Waals surface area contributed by atoms with Crippen LogP contribution in [0.25, 0.3) is 0 Å². The Bertz CT molecular complexity index is 265. The highest BCUT2D eigenvalue weighted by Crippen LogP contribution is 2.17. The molecule has 0 spiro atoms. The fourth-order valence-electron chi connectivity index (χ4n) is 0.470. The molecule has 0 N–H and O–H groups in total. The summed E-state index contributed by atoms with van der Waals surface area (Å²) >= 11 is 11.3. The summed E-state index contributed by atoms with van der Waals surface area (Å²) in [7, 11) is 0. The number of carbonyl (C=O) groups excluding carboxylic acids is 1. The van der Waals surface area contributed by atoms with Crippen LogP contribution in [0, 0.1) is 10.7 Å². The molecule has 1 aromatic rings. The first kappa shape index (κ1) is 13.4. The lowest BCUT2D eigenvalue weighted by atomic mass is 10.4. The van der Waals surface area contributed by atoms with Crippen LogP contribution in [0.2, 0.25) is 0 Å². The van der Waals surface area contributed by atoms with Crippen molar-refractivity contribution in [2.24, 2.45) is 0 Å². The van der Waals surface area contributed by atoms with Gasteiger partial charge in [-0.2, -0.15) is 0 Å². The fraction of sp³-hybridized carbons (Fsp3) is 0. The van der Waals surface area contributed by atoms with Crippen molar-refractivity contribution in [3.63, 3.8) is 0 Å². The molecule has 0 saturated carbocycles. The molecule has 1 rings (SSSR count). The third kappa shape index (κ3) is 5.92. The average Bonchev–Trinajstić information content (AvgIpc) is 1.99. The number of halogens is 4. The molecule has 0 atom stereocenters. The Morgan fingerprint density at radius 2 is 1.67 bits per heavy atom. The van der Waals surface area contributed by atoms with Crippen LogP contribution in [-0.4, -0.2) is 5.75 Å². The molecule has 0 saturated heterocycles. The SMILES string of the molecule is Ic1ccc(I)c(I)c1.O=CCl. The molecule has 1 nitrogen and oxygen atoms in total. The summed E-state index contributed by atoms with van der Waals surface area (Å²) in [6, 6.07) is 6.41. The topological polar surface area (TPSA) is 17.1 Å². The molecule has 0 aromatic heterocycles. The minimum Gasteiger partial charge on any atom is -0.285 e. The van der Waals surface area contributed by atoms with Gasteiger partial charge in [0.15, 0.2) is 0 Å². The van der Waals surface area contributed by atoms with Gasteiger partial charge in [-0.25, -0.2) is 0 Å². The molecule has 0 amide bonds. The molecule has 0 radical (unpaired) electrons. The van der Waals surface area contributed by atoms with E-state index in [1.165, 1.54) is 10.7 Å². The molecule has 0 unspecified atom stereocenters. The van der Waals surface area contributed by atoms with E-state index < -0.39 is 0 Å². The Hall–Kier alpha value is 1.37. The Kier molecular flexibility index (Phi) is 8.63. The van der Waals surface area contributed by atoms with Gasteiger partial charge >= 0.3 is 0 Å².